The van der Waals surface area contributed by atoms with Gasteiger partial charge >= 0.3 is 5.97 Å². The third-order valence-corrected chi connectivity index (χ3v) is 2.45. The van der Waals surface area contributed by atoms with Gasteiger partial charge in [-0.2, -0.15) is 0 Å². The van der Waals surface area contributed by atoms with Gasteiger partial charge in [-0.05, 0) is 12.1 Å². The molecule has 0 aliphatic rings. The zero-order valence-corrected chi connectivity index (χ0v) is 11.3. The molecule has 4 nitrogen and oxygen atoms in total. The van der Waals surface area contributed by atoms with E-state index in [0.717, 1.165) is 12.2 Å². The molecule has 0 unspecified atom stereocenters. The molecule has 0 fully saturated rings. The molecule has 18 heavy (non-hydrogen) atoms. The number of esters is 1. The van der Waals surface area contributed by atoms with Crippen LogP contribution < -0.4 is 4.74 Å². The van der Waals surface area contributed by atoms with E-state index in [1.54, 1.807) is 20.2 Å². The van der Waals surface area contributed by atoms with E-state index < -0.39 is 5.97 Å². The van der Waals surface area contributed by atoms with Gasteiger partial charge in [-0.1, -0.05) is 23.2 Å². The largest absolute Gasteiger partial charge is 0.422 e. The van der Waals surface area contributed by atoms with Crippen LogP contribution in [0.2, 0.25) is 10.0 Å². The Balaban J connectivity index is 2.71. The Kier molecular flexibility index (Phi) is 5.19. The number of nitrogens with zero attached hydrogens (tertiary/aromatic N) is 1. The molecule has 6 heteroatoms. The number of halogens is 2. The summed E-state index contributed by atoms with van der Waals surface area (Å²) >= 11 is 11.6. The number of benzene rings is 1. The first-order chi connectivity index (χ1) is 8.40. The van der Waals surface area contributed by atoms with Crippen LogP contribution in [-0.4, -0.2) is 30.9 Å². The Hall–Kier alpha value is -1.52. The highest BCUT2D eigenvalue weighted by Gasteiger charge is 2.07. The maximum absolute atomic E-state index is 11.4. The van der Waals surface area contributed by atoms with E-state index in [2.05, 4.69) is 0 Å². The SMILES string of the molecule is CN(C)C(=O)/C=C/C(=O)Oc1cc(Cl)ccc1Cl. The second-order valence-corrected chi connectivity index (χ2v) is 4.41. The first kappa shape index (κ1) is 14.5. The lowest BCUT2D eigenvalue weighted by molar-refractivity contribution is -0.129. The molecule has 1 rings (SSSR count). The van der Waals surface area contributed by atoms with Gasteiger partial charge in [-0.25, -0.2) is 4.79 Å². The fraction of sp³-hybridized carbons (Fsp3) is 0.167. The molecular formula is C12H11Cl2NO3. The fourth-order valence-corrected chi connectivity index (χ4v) is 1.30. The monoisotopic (exact) mass is 287 g/mol. The van der Waals surface area contributed by atoms with Crippen LogP contribution in [0.4, 0.5) is 0 Å². The van der Waals surface area contributed by atoms with Crippen molar-refractivity contribution >= 4 is 35.1 Å². The smallest absolute Gasteiger partial charge is 0.336 e. The summed E-state index contributed by atoms with van der Waals surface area (Å²) in [6, 6.07) is 4.51. The first-order valence-corrected chi connectivity index (χ1v) is 5.72. The van der Waals surface area contributed by atoms with Crippen molar-refractivity contribution in [1.29, 1.82) is 0 Å². The van der Waals surface area contributed by atoms with E-state index in [-0.39, 0.29) is 16.7 Å². The summed E-state index contributed by atoms with van der Waals surface area (Å²) in [5.74, 6) is -0.866. The quantitative estimate of drug-likeness (QED) is 0.488. The molecule has 0 aromatic heterocycles. The molecule has 0 N–H and O–H groups in total. The lowest BCUT2D eigenvalue weighted by atomic mass is 10.3. The van der Waals surface area contributed by atoms with E-state index in [9.17, 15) is 9.59 Å². The van der Waals surface area contributed by atoms with E-state index in [1.807, 2.05) is 0 Å². The maximum Gasteiger partial charge on any atom is 0.336 e. The third-order valence-electron chi connectivity index (χ3n) is 1.91. The summed E-state index contributed by atoms with van der Waals surface area (Å²) in [4.78, 5) is 24.0. The molecule has 0 saturated carbocycles. The molecule has 96 valence electrons. The molecular weight excluding hydrogens is 277 g/mol. The fourth-order valence-electron chi connectivity index (χ4n) is 0.986. The van der Waals surface area contributed by atoms with Crippen LogP contribution in [0.25, 0.3) is 0 Å². The van der Waals surface area contributed by atoms with Gasteiger partial charge in [0, 0.05) is 37.3 Å². The van der Waals surface area contributed by atoms with Crippen molar-refractivity contribution in [3.63, 3.8) is 0 Å². The van der Waals surface area contributed by atoms with Crippen LogP contribution in [-0.2, 0) is 9.59 Å². The summed E-state index contributed by atoms with van der Waals surface area (Å²) in [5.41, 5.74) is 0. The van der Waals surface area contributed by atoms with Gasteiger partial charge in [0.2, 0.25) is 5.91 Å². The summed E-state index contributed by atoms with van der Waals surface area (Å²) in [6.07, 6.45) is 2.14. The highest BCUT2D eigenvalue weighted by atomic mass is 35.5. The van der Waals surface area contributed by atoms with Gasteiger partial charge in [0.1, 0.15) is 0 Å². The van der Waals surface area contributed by atoms with Crippen LogP contribution in [0.15, 0.2) is 30.4 Å². The number of hydrogen-bond donors (Lipinski definition) is 0. The highest BCUT2D eigenvalue weighted by molar-refractivity contribution is 6.34. The zero-order chi connectivity index (χ0) is 13.7. The number of likely N-dealkylation sites (N-methyl/N-ethyl adjacent to an activating group) is 1. The van der Waals surface area contributed by atoms with Crippen LogP contribution in [0.5, 0.6) is 5.75 Å². The summed E-state index contributed by atoms with van der Waals surface area (Å²) in [6.45, 7) is 0. The van der Waals surface area contributed by atoms with Gasteiger partial charge in [-0.3, -0.25) is 4.79 Å². The molecule has 1 aromatic rings. The van der Waals surface area contributed by atoms with Crippen LogP contribution in [0.1, 0.15) is 0 Å². The van der Waals surface area contributed by atoms with Gasteiger partial charge in [0.05, 0.1) is 5.02 Å². The molecule has 1 amide bonds. The third kappa shape index (κ3) is 4.39. The minimum Gasteiger partial charge on any atom is -0.422 e. The van der Waals surface area contributed by atoms with Crippen molar-refractivity contribution in [2.45, 2.75) is 0 Å². The van der Waals surface area contributed by atoms with Gasteiger partial charge in [0.25, 0.3) is 0 Å². The van der Waals surface area contributed by atoms with E-state index >= 15 is 0 Å². The topological polar surface area (TPSA) is 46.6 Å². The normalized spacial score (nSPS) is 10.4. The Labute approximate surface area is 115 Å². The Bertz CT molecular complexity index is 498. The van der Waals surface area contributed by atoms with E-state index in [0.29, 0.717) is 5.02 Å². The number of rotatable bonds is 3. The Morgan fingerprint density at radius 1 is 1.22 bits per heavy atom. The summed E-state index contributed by atoms with van der Waals surface area (Å²) < 4.78 is 4.94. The van der Waals surface area contributed by atoms with Gasteiger partial charge < -0.3 is 9.64 Å². The average molecular weight is 288 g/mol. The highest BCUT2D eigenvalue weighted by Crippen LogP contribution is 2.27. The molecule has 0 bridgehead atoms. The Morgan fingerprint density at radius 2 is 1.89 bits per heavy atom. The molecule has 0 spiro atoms. The molecule has 0 radical (unpaired) electrons. The molecule has 0 heterocycles. The van der Waals surface area contributed by atoms with Gasteiger partial charge in [0.15, 0.2) is 5.75 Å². The first-order valence-electron chi connectivity index (χ1n) is 4.96. The second kappa shape index (κ2) is 6.42. The molecule has 0 aliphatic carbocycles. The standard InChI is InChI=1S/C12H11Cl2NO3/c1-15(2)11(16)5-6-12(17)18-10-7-8(13)3-4-9(10)14/h3-7H,1-2H3/b6-5+. The Morgan fingerprint density at radius 3 is 2.50 bits per heavy atom. The summed E-state index contributed by atoms with van der Waals surface area (Å²) in [5, 5.41) is 0.663. The van der Waals surface area contributed by atoms with Crippen molar-refractivity contribution in [3.8, 4) is 5.75 Å². The molecule has 0 aliphatic heterocycles. The number of carbonyl (C=O) groups is 2. The number of amides is 1. The maximum atomic E-state index is 11.4. The van der Waals surface area contributed by atoms with Crippen LogP contribution in [0.3, 0.4) is 0 Å². The zero-order valence-electron chi connectivity index (χ0n) is 9.81. The minimum atomic E-state index is -0.700. The number of hydrogen-bond acceptors (Lipinski definition) is 3. The van der Waals surface area contributed by atoms with E-state index in [4.69, 9.17) is 27.9 Å². The number of ether oxygens (including phenoxy) is 1. The van der Waals surface area contributed by atoms with Crippen molar-refractivity contribution in [2.24, 2.45) is 0 Å². The van der Waals surface area contributed by atoms with Crippen molar-refractivity contribution < 1.29 is 14.3 Å². The van der Waals surface area contributed by atoms with Gasteiger partial charge in [-0.15, -0.1) is 0 Å². The molecule has 0 atom stereocenters. The minimum absolute atomic E-state index is 0.149. The van der Waals surface area contributed by atoms with Crippen LogP contribution >= 0.6 is 23.2 Å². The van der Waals surface area contributed by atoms with Crippen LogP contribution in [0, 0.1) is 0 Å². The van der Waals surface area contributed by atoms with Crippen molar-refractivity contribution in [1.82, 2.24) is 4.90 Å². The predicted molar refractivity (Wildman–Crippen MR) is 69.9 cm³/mol. The lowest BCUT2D eigenvalue weighted by Gasteiger charge is -2.06. The van der Waals surface area contributed by atoms with Crippen molar-refractivity contribution in [3.05, 3.63) is 40.4 Å². The van der Waals surface area contributed by atoms with E-state index in [1.165, 1.54) is 17.0 Å². The predicted octanol–water partition coefficient (Wildman–Crippen LogP) is 2.54. The number of carbonyl (C=O) groups excluding carboxylic acids is 2. The second-order valence-electron chi connectivity index (χ2n) is 3.56. The lowest BCUT2D eigenvalue weighted by Crippen LogP contribution is -2.19. The average Bonchev–Trinajstić information content (AvgIpc) is 2.30. The van der Waals surface area contributed by atoms with Crippen molar-refractivity contribution in [2.75, 3.05) is 14.1 Å². The molecule has 0 saturated heterocycles. The molecule has 1 aromatic carbocycles. The summed E-state index contributed by atoms with van der Waals surface area (Å²) in [7, 11) is 3.15.